The molecule has 2 rings (SSSR count). The van der Waals surface area contributed by atoms with Gasteiger partial charge >= 0.3 is 5.82 Å². The minimum atomic E-state index is -0.658. The van der Waals surface area contributed by atoms with Crippen LogP contribution >= 0.6 is 11.6 Å². The van der Waals surface area contributed by atoms with Gasteiger partial charge in [0.25, 0.3) is 5.91 Å². The largest absolute Gasteiger partial charge is 0.358 e. The topological polar surface area (TPSA) is 101 Å². The monoisotopic (exact) mass is 280 g/mol. The molecule has 0 atom stereocenters. The fraction of sp³-hybridized carbons (Fsp3) is 0.0909. The first-order valence-corrected chi connectivity index (χ1v) is 5.62. The van der Waals surface area contributed by atoms with Crippen molar-refractivity contribution in [3.63, 3.8) is 0 Å². The predicted molar refractivity (Wildman–Crippen MR) is 69.4 cm³/mol. The predicted octanol–water partition coefficient (Wildman–Crippen LogP) is 2.53. The summed E-state index contributed by atoms with van der Waals surface area (Å²) < 4.78 is 0. The van der Waals surface area contributed by atoms with Gasteiger partial charge in [0.05, 0.1) is 6.07 Å². The van der Waals surface area contributed by atoms with Gasteiger partial charge in [-0.15, -0.1) is 5.10 Å². The van der Waals surface area contributed by atoms with Gasteiger partial charge in [-0.3, -0.25) is 4.79 Å². The number of anilines is 1. The molecule has 0 bridgehead atoms. The average Bonchev–Trinajstić information content (AvgIpc) is 2.83. The first-order chi connectivity index (χ1) is 8.97. The minimum absolute atomic E-state index is 0.0638. The van der Waals surface area contributed by atoms with Crippen molar-refractivity contribution in [2.75, 3.05) is 5.32 Å². The standard InChI is InChI=1S/C11H9ClN4O3/c1-6-2-3-7(12)4-8(6)13-11(17)9-5-10(15-14-9)16(18)19/h2-5H,1H3,(H,13,17)(H,14,15). The van der Waals surface area contributed by atoms with Crippen molar-refractivity contribution in [2.24, 2.45) is 0 Å². The number of hydrogen-bond acceptors (Lipinski definition) is 4. The van der Waals surface area contributed by atoms with Crippen molar-refractivity contribution in [1.82, 2.24) is 10.2 Å². The molecule has 0 saturated carbocycles. The number of H-pyrrole nitrogens is 1. The number of nitro groups is 1. The van der Waals surface area contributed by atoms with Crippen LogP contribution in [-0.4, -0.2) is 21.0 Å². The molecule has 2 N–H and O–H groups in total. The van der Waals surface area contributed by atoms with E-state index in [-0.39, 0.29) is 11.5 Å². The molecule has 0 fully saturated rings. The number of nitrogens with zero attached hydrogens (tertiary/aromatic N) is 2. The maximum Gasteiger partial charge on any atom is 0.343 e. The number of aryl methyl sites for hydroxylation is 1. The fourth-order valence-electron chi connectivity index (χ4n) is 1.44. The summed E-state index contributed by atoms with van der Waals surface area (Å²) in [5.74, 6) is -0.886. The van der Waals surface area contributed by atoms with Crippen LogP contribution in [-0.2, 0) is 0 Å². The third-order valence-electron chi connectivity index (χ3n) is 2.44. The smallest absolute Gasteiger partial charge is 0.343 e. The molecule has 1 aromatic carbocycles. The van der Waals surface area contributed by atoms with Crippen molar-refractivity contribution >= 4 is 29.0 Å². The van der Waals surface area contributed by atoms with Crippen LogP contribution in [0.2, 0.25) is 5.02 Å². The molecule has 0 spiro atoms. The van der Waals surface area contributed by atoms with Crippen molar-refractivity contribution in [3.05, 3.63) is 50.7 Å². The Morgan fingerprint density at radius 2 is 2.21 bits per heavy atom. The van der Waals surface area contributed by atoms with Crippen molar-refractivity contribution in [3.8, 4) is 0 Å². The summed E-state index contributed by atoms with van der Waals surface area (Å²) in [6.07, 6.45) is 0. The number of nitrogens with one attached hydrogen (secondary N) is 2. The Balaban J connectivity index is 2.20. The molecule has 8 heteroatoms. The number of halogens is 1. The molecule has 0 unspecified atom stereocenters. The highest BCUT2D eigenvalue weighted by Gasteiger charge is 2.17. The second-order valence-corrected chi connectivity index (χ2v) is 4.25. The summed E-state index contributed by atoms with van der Waals surface area (Å²) in [6, 6.07) is 6.11. The molecular formula is C11H9ClN4O3. The van der Waals surface area contributed by atoms with Crippen molar-refractivity contribution < 1.29 is 9.72 Å². The molecule has 1 amide bonds. The maximum absolute atomic E-state index is 11.9. The highest BCUT2D eigenvalue weighted by Crippen LogP contribution is 2.21. The second kappa shape index (κ2) is 5.07. The van der Waals surface area contributed by atoms with Gasteiger partial charge in [0.1, 0.15) is 0 Å². The van der Waals surface area contributed by atoms with Crippen molar-refractivity contribution in [2.45, 2.75) is 6.92 Å². The third-order valence-corrected chi connectivity index (χ3v) is 2.68. The van der Waals surface area contributed by atoms with Crippen LogP contribution in [0.15, 0.2) is 24.3 Å². The Kier molecular flexibility index (Phi) is 3.48. The minimum Gasteiger partial charge on any atom is -0.358 e. The quantitative estimate of drug-likeness (QED) is 0.666. The first kappa shape index (κ1) is 13.0. The Morgan fingerprint density at radius 3 is 2.84 bits per heavy atom. The van der Waals surface area contributed by atoms with Gasteiger partial charge in [0, 0.05) is 10.7 Å². The number of rotatable bonds is 3. The van der Waals surface area contributed by atoms with Crippen LogP contribution in [0.4, 0.5) is 11.5 Å². The molecule has 7 nitrogen and oxygen atoms in total. The van der Waals surface area contributed by atoms with Crippen LogP contribution < -0.4 is 5.32 Å². The van der Waals surface area contributed by atoms with Crippen LogP contribution in [0.5, 0.6) is 0 Å². The number of carbonyl (C=O) groups excluding carboxylic acids is 1. The second-order valence-electron chi connectivity index (χ2n) is 3.81. The van der Waals surface area contributed by atoms with Gasteiger partial charge in [-0.1, -0.05) is 22.8 Å². The molecular weight excluding hydrogens is 272 g/mol. The Bertz CT molecular complexity index is 653. The van der Waals surface area contributed by atoms with Crippen LogP contribution in [0.3, 0.4) is 0 Å². The van der Waals surface area contributed by atoms with E-state index in [1.54, 1.807) is 25.1 Å². The lowest BCUT2D eigenvalue weighted by Crippen LogP contribution is -2.13. The van der Waals surface area contributed by atoms with Crippen LogP contribution in [0, 0.1) is 17.0 Å². The summed E-state index contributed by atoms with van der Waals surface area (Å²) >= 11 is 5.83. The van der Waals surface area contributed by atoms with E-state index in [4.69, 9.17) is 11.6 Å². The molecule has 0 aliphatic heterocycles. The van der Waals surface area contributed by atoms with Gasteiger partial charge < -0.3 is 15.4 Å². The van der Waals surface area contributed by atoms with E-state index in [0.717, 1.165) is 11.6 Å². The number of hydrogen-bond donors (Lipinski definition) is 2. The molecule has 98 valence electrons. The van der Waals surface area contributed by atoms with Crippen LogP contribution in [0.1, 0.15) is 16.1 Å². The van der Waals surface area contributed by atoms with E-state index in [1.165, 1.54) is 0 Å². The summed E-state index contributed by atoms with van der Waals surface area (Å²) in [6.45, 7) is 1.80. The molecule has 1 heterocycles. The lowest BCUT2D eigenvalue weighted by Gasteiger charge is -2.06. The molecule has 0 aliphatic carbocycles. The Morgan fingerprint density at radius 1 is 1.47 bits per heavy atom. The maximum atomic E-state index is 11.9. The number of aromatic amines is 1. The van der Waals surface area contributed by atoms with Crippen LogP contribution in [0.25, 0.3) is 0 Å². The third kappa shape index (κ3) is 2.89. The summed E-state index contributed by atoms with van der Waals surface area (Å²) in [4.78, 5) is 21.7. The fourth-order valence-corrected chi connectivity index (χ4v) is 1.61. The average molecular weight is 281 g/mol. The van der Waals surface area contributed by atoms with E-state index in [9.17, 15) is 14.9 Å². The summed E-state index contributed by atoms with van der Waals surface area (Å²) in [5, 5.41) is 19.3. The van der Waals surface area contributed by atoms with Gasteiger partial charge in [0.2, 0.25) is 0 Å². The van der Waals surface area contributed by atoms with Gasteiger partial charge in [-0.25, -0.2) is 0 Å². The van der Waals surface area contributed by atoms with E-state index in [2.05, 4.69) is 15.5 Å². The number of carbonyl (C=O) groups is 1. The number of aromatic nitrogens is 2. The van der Waals surface area contributed by atoms with Gasteiger partial charge in [-0.2, -0.15) is 0 Å². The zero-order chi connectivity index (χ0) is 14.0. The summed E-state index contributed by atoms with van der Waals surface area (Å²) in [7, 11) is 0. The van der Waals surface area contributed by atoms with E-state index in [0.29, 0.717) is 10.7 Å². The lowest BCUT2D eigenvalue weighted by atomic mass is 10.2. The molecule has 0 saturated heterocycles. The zero-order valence-electron chi connectivity index (χ0n) is 9.81. The van der Waals surface area contributed by atoms with E-state index >= 15 is 0 Å². The van der Waals surface area contributed by atoms with Crippen molar-refractivity contribution in [1.29, 1.82) is 0 Å². The van der Waals surface area contributed by atoms with E-state index in [1.807, 2.05) is 0 Å². The lowest BCUT2D eigenvalue weighted by molar-refractivity contribution is -0.389. The Hall–Kier alpha value is -2.41. The highest BCUT2D eigenvalue weighted by molar-refractivity contribution is 6.31. The summed E-state index contributed by atoms with van der Waals surface area (Å²) in [5.41, 5.74) is 1.29. The number of benzene rings is 1. The molecule has 0 radical (unpaired) electrons. The van der Waals surface area contributed by atoms with Gasteiger partial charge in [0.15, 0.2) is 5.69 Å². The molecule has 0 aliphatic rings. The molecule has 1 aromatic heterocycles. The van der Waals surface area contributed by atoms with Gasteiger partial charge in [-0.05, 0) is 29.5 Å². The Labute approximate surface area is 112 Å². The molecule has 19 heavy (non-hydrogen) atoms. The molecule has 2 aromatic rings. The zero-order valence-corrected chi connectivity index (χ0v) is 10.6. The number of amides is 1. The highest BCUT2D eigenvalue weighted by atomic mass is 35.5. The first-order valence-electron chi connectivity index (χ1n) is 5.24. The van der Waals surface area contributed by atoms with E-state index < -0.39 is 10.8 Å². The SMILES string of the molecule is Cc1ccc(Cl)cc1NC(=O)c1cc([N+](=O)[O-])[nH]n1. The normalized spacial score (nSPS) is 10.2.